The molecule has 9 heteroatoms. The maximum Gasteiger partial charge on any atom is 0.244 e. The third-order valence-electron chi connectivity index (χ3n) is 5.32. The molecule has 0 atom stereocenters. The largest absolute Gasteiger partial charge is 0.494 e. The monoisotopic (exact) mass is 434 g/mol. The number of carbonyl (C=O) groups is 1. The van der Waals surface area contributed by atoms with E-state index in [1.807, 2.05) is 36.1 Å². The first kappa shape index (κ1) is 22.3. The van der Waals surface area contributed by atoms with Gasteiger partial charge >= 0.3 is 0 Å². The number of amides is 1. The lowest BCUT2D eigenvalue weighted by atomic mass is 10.1. The Hall–Kier alpha value is -2.39. The van der Waals surface area contributed by atoms with Crippen LogP contribution in [0.2, 0.25) is 0 Å². The average molecular weight is 435 g/mol. The molecule has 0 radical (unpaired) electrons. The molecule has 164 valence electrons. The van der Waals surface area contributed by atoms with Crippen LogP contribution in [0.5, 0.6) is 5.75 Å². The van der Waals surface area contributed by atoms with Crippen molar-refractivity contribution in [1.29, 1.82) is 0 Å². The fraction of sp³-hybridized carbons (Fsp3) is 0.524. The molecule has 0 saturated carbocycles. The molecule has 1 aliphatic rings. The number of aromatic amines is 1. The average Bonchev–Trinajstić information content (AvgIpc) is 3.06. The smallest absolute Gasteiger partial charge is 0.244 e. The third kappa shape index (κ3) is 5.60. The highest BCUT2D eigenvalue weighted by molar-refractivity contribution is 7.89. The Morgan fingerprint density at radius 3 is 2.47 bits per heavy atom. The van der Waals surface area contributed by atoms with Gasteiger partial charge in [-0.3, -0.25) is 9.89 Å². The Morgan fingerprint density at radius 2 is 1.87 bits per heavy atom. The van der Waals surface area contributed by atoms with E-state index < -0.39 is 10.0 Å². The molecule has 0 aliphatic carbocycles. The van der Waals surface area contributed by atoms with Gasteiger partial charge in [-0.25, -0.2) is 13.1 Å². The van der Waals surface area contributed by atoms with Gasteiger partial charge in [0.1, 0.15) is 10.6 Å². The van der Waals surface area contributed by atoms with Crippen molar-refractivity contribution < 1.29 is 17.9 Å². The number of nitrogens with zero attached hydrogens (tertiary/aromatic N) is 2. The van der Waals surface area contributed by atoms with Gasteiger partial charge in [0.25, 0.3) is 0 Å². The Kier molecular flexibility index (Phi) is 7.14. The molecular weight excluding hydrogens is 404 g/mol. The molecule has 2 N–H and O–H groups in total. The summed E-state index contributed by atoms with van der Waals surface area (Å²) in [5.41, 5.74) is 2.17. The van der Waals surface area contributed by atoms with Crippen LogP contribution in [0.3, 0.4) is 0 Å². The summed E-state index contributed by atoms with van der Waals surface area (Å²) in [7, 11) is -3.63. The van der Waals surface area contributed by atoms with Crippen LogP contribution >= 0.6 is 0 Å². The second kappa shape index (κ2) is 9.61. The van der Waals surface area contributed by atoms with Crippen molar-refractivity contribution in [3.63, 3.8) is 0 Å². The van der Waals surface area contributed by atoms with E-state index in [2.05, 4.69) is 14.9 Å². The number of carbonyl (C=O) groups excluding carboxylic acids is 1. The fourth-order valence-corrected chi connectivity index (χ4v) is 5.34. The minimum absolute atomic E-state index is 0.0883. The number of piperidine rings is 1. The first-order chi connectivity index (χ1) is 14.3. The number of likely N-dealkylation sites (tertiary alicyclic amines) is 1. The minimum Gasteiger partial charge on any atom is -0.494 e. The normalized spacial score (nSPS) is 15.4. The van der Waals surface area contributed by atoms with Crippen LogP contribution in [0, 0.1) is 20.8 Å². The predicted molar refractivity (Wildman–Crippen MR) is 114 cm³/mol. The van der Waals surface area contributed by atoms with E-state index in [4.69, 9.17) is 4.74 Å². The Bertz CT molecular complexity index is 942. The van der Waals surface area contributed by atoms with Gasteiger partial charge in [-0.1, -0.05) is 17.7 Å². The zero-order chi connectivity index (χ0) is 21.7. The summed E-state index contributed by atoms with van der Waals surface area (Å²) in [5, 5.41) is 6.67. The summed E-state index contributed by atoms with van der Waals surface area (Å²) in [6, 6.07) is 7.66. The predicted octanol–water partition coefficient (Wildman–Crippen LogP) is 2.46. The van der Waals surface area contributed by atoms with Crippen molar-refractivity contribution in [2.24, 2.45) is 0 Å². The van der Waals surface area contributed by atoms with Gasteiger partial charge < -0.3 is 9.64 Å². The van der Waals surface area contributed by atoms with Crippen molar-refractivity contribution in [3.05, 3.63) is 41.2 Å². The molecule has 8 nitrogen and oxygen atoms in total. The van der Waals surface area contributed by atoms with E-state index in [1.54, 1.807) is 13.8 Å². The van der Waals surface area contributed by atoms with Crippen LogP contribution < -0.4 is 9.46 Å². The highest BCUT2D eigenvalue weighted by atomic mass is 32.2. The van der Waals surface area contributed by atoms with Crippen LogP contribution in [-0.4, -0.2) is 55.2 Å². The summed E-state index contributed by atoms with van der Waals surface area (Å²) >= 11 is 0. The minimum atomic E-state index is -3.63. The van der Waals surface area contributed by atoms with Gasteiger partial charge in [0.15, 0.2) is 0 Å². The number of aryl methyl sites for hydroxylation is 3. The lowest BCUT2D eigenvalue weighted by Gasteiger charge is -2.32. The van der Waals surface area contributed by atoms with Gasteiger partial charge in [-0.2, -0.15) is 5.10 Å². The lowest BCUT2D eigenvalue weighted by Crippen LogP contribution is -2.46. The van der Waals surface area contributed by atoms with E-state index in [0.29, 0.717) is 56.8 Å². The summed E-state index contributed by atoms with van der Waals surface area (Å²) in [6.45, 7) is 6.98. The van der Waals surface area contributed by atoms with Crippen molar-refractivity contribution in [2.45, 2.75) is 57.4 Å². The molecule has 1 aromatic carbocycles. The van der Waals surface area contributed by atoms with Gasteiger partial charge in [0, 0.05) is 25.6 Å². The highest BCUT2D eigenvalue weighted by Crippen LogP contribution is 2.20. The number of aromatic nitrogens is 2. The molecule has 30 heavy (non-hydrogen) atoms. The second-order valence-corrected chi connectivity index (χ2v) is 9.46. The van der Waals surface area contributed by atoms with Crippen LogP contribution in [0.25, 0.3) is 0 Å². The molecule has 2 heterocycles. The maximum absolute atomic E-state index is 12.7. The van der Waals surface area contributed by atoms with Gasteiger partial charge in [-0.15, -0.1) is 0 Å². The summed E-state index contributed by atoms with van der Waals surface area (Å²) in [5.74, 6) is 0.898. The zero-order valence-corrected chi connectivity index (χ0v) is 18.6. The Morgan fingerprint density at radius 1 is 1.20 bits per heavy atom. The van der Waals surface area contributed by atoms with E-state index in [9.17, 15) is 13.2 Å². The van der Waals surface area contributed by atoms with Crippen molar-refractivity contribution in [1.82, 2.24) is 19.8 Å². The second-order valence-electron chi connectivity index (χ2n) is 7.80. The number of benzene rings is 1. The number of rotatable bonds is 8. The molecule has 1 saturated heterocycles. The van der Waals surface area contributed by atoms with Crippen molar-refractivity contribution >= 4 is 15.9 Å². The number of hydrogen-bond acceptors (Lipinski definition) is 5. The quantitative estimate of drug-likeness (QED) is 0.621. The van der Waals surface area contributed by atoms with Crippen LogP contribution in [0.15, 0.2) is 29.2 Å². The van der Waals surface area contributed by atoms with Gasteiger partial charge in [-0.05, 0) is 52.2 Å². The fourth-order valence-electron chi connectivity index (χ4n) is 3.67. The molecule has 0 spiro atoms. The Labute approximate surface area is 178 Å². The number of sulfonamides is 1. The Balaban J connectivity index is 1.40. The van der Waals surface area contributed by atoms with Crippen LogP contribution in [0.4, 0.5) is 0 Å². The summed E-state index contributed by atoms with van der Waals surface area (Å²) < 4.78 is 33.8. The standard InChI is InChI=1S/C21H30N4O4S/c1-15-6-8-19(9-7-15)29-14-4-5-20(26)25-12-10-18(11-13-25)24-30(27,28)21-16(2)22-23-17(21)3/h6-9,18,24H,4-5,10-14H2,1-3H3,(H,22,23). The van der Waals surface area contributed by atoms with E-state index in [1.165, 1.54) is 5.56 Å². The number of nitrogens with one attached hydrogen (secondary N) is 2. The maximum atomic E-state index is 12.7. The van der Waals surface area contributed by atoms with Crippen LogP contribution in [-0.2, 0) is 14.8 Å². The molecule has 0 unspecified atom stereocenters. The van der Waals surface area contributed by atoms with Crippen LogP contribution in [0.1, 0.15) is 42.6 Å². The zero-order valence-electron chi connectivity index (χ0n) is 17.8. The summed E-state index contributed by atoms with van der Waals surface area (Å²) in [6.07, 6.45) is 2.27. The van der Waals surface area contributed by atoms with E-state index >= 15 is 0 Å². The first-order valence-electron chi connectivity index (χ1n) is 10.3. The third-order valence-corrected chi connectivity index (χ3v) is 7.11. The van der Waals surface area contributed by atoms with Gasteiger partial charge in [0.2, 0.25) is 15.9 Å². The van der Waals surface area contributed by atoms with E-state index in [-0.39, 0.29) is 16.8 Å². The molecule has 3 rings (SSSR count). The number of ether oxygens (including phenoxy) is 1. The first-order valence-corrected chi connectivity index (χ1v) is 11.8. The highest BCUT2D eigenvalue weighted by Gasteiger charge is 2.29. The summed E-state index contributed by atoms with van der Waals surface area (Å²) in [4.78, 5) is 14.5. The van der Waals surface area contributed by atoms with E-state index in [0.717, 1.165) is 5.75 Å². The molecule has 1 aromatic heterocycles. The van der Waals surface area contributed by atoms with Gasteiger partial charge in [0.05, 0.1) is 18.0 Å². The molecule has 1 aliphatic heterocycles. The molecule has 1 fully saturated rings. The SMILES string of the molecule is Cc1ccc(OCCCC(=O)N2CCC(NS(=O)(=O)c3c(C)n[nH]c3C)CC2)cc1. The number of hydrogen-bond donors (Lipinski definition) is 2. The molecule has 2 aromatic rings. The van der Waals surface area contributed by atoms with Crippen molar-refractivity contribution in [3.8, 4) is 5.75 Å². The molecule has 1 amide bonds. The number of H-pyrrole nitrogens is 1. The lowest BCUT2D eigenvalue weighted by molar-refractivity contribution is -0.132. The molecular formula is C21H30N4O4S. The topological polar surface area (TPSA) is 104 Å². The van der Waals surface area contributed by atoms with Crippen molar-refractivity contribution in [2.75, 3.05) is 19.7 Å². The molecule has 0 bridgehead atoms.